The van der Waals surface area contributed by atoms with Gasteiger partial charge in [0.15, 0.2) is 0 Å². The number of halogens is 1. The van der Waals surface area contributed by atoms with Gasteiger partial charge in [-0.1, -0.05) is 23.7 Å². The fourth-order valence-corrected chi connectivity index (χ4v) is 1.63. The number of benzene rings is 1. The van der Waals surface area contributed by atoms with E-state index < -0.39 is 5.91 Å². The molecular formula is C12H9ClN2O. The van der Waals surface area contributed by atoms with E-state index in [1.807, 2.05) is 18.2 Å². The van der Waals surface area contributed by atoms with Gasteiger partial charge in [-0.3, -0.25) is 9.78 Å². The third-order valence-corrected chi connectivity index (χ3v) is 2.48. The van der Waals surface area contributed by atoms with Crippen LogP contribution in [0.1, 0.15) is 5.56 Å². The summed E-state index contributed by atoms with van der Waals surface area (Å²) in [5.74, 6) is -0.473. The minimum atomic E-state index is -0.473. The van der Waals surface area contributed by atoms with Crippen LogP contribution in [0.3, 0.4) is 0 Å². The van der Waals surface area contributed by atoms with Gasteiger partial charge in [-0.05, 0) is 23.8 Å². The van der Waals surface area contributed by atoms with Gasteiger partial charge in [-0.25, -0.2) is 0 Å². The molecule has 1 heterocycles. The Balaban J connectivity index is 2.49. The second-order valence-corrected chi connectivity index (χ2v) is 3.71. The predicted octanol–water partition coefficient (Wildman–Crippen LogP) is 2.39. The summed E-state index contributed by atoms with van der Waals surface area (Å²) in [6.45, 7) is 0. The number of pyridine rings is 1. The van der Waals surface area contributed by atoms with Gasteiger partial charge in [0.2, 0.25) is 5.91 Å². The molecule has 0 fully saturated rings. The van der Waals surface area contributed by atoms with Crippen molar-refractivity contribution in [2.24, 2.45) is 5.73 Å². The van der Waals surface area contributed by atoms with E-state index in [4.69, 9.17) is 17.3 Å². The van der Waals surface area contributed by atoms with Crippen LogP contribution in [0.15, 0.2) is 36.5 Å². The molecule has 0 saturated carbocycles. The number of primary amides is 1. The van der Waals surface area contributed by atoms with Crippen molar-refractivity contribution in [1.29, 1.82) is 0 Å². The van der Waals surface area contributed by atoms with Gasteiger partial charge in [0.05, 0.1) is 10.5 Å². The number of rotatable bonds is 2. The third-order valence-electron chi connectivity index (χ3n) is 2.15. The minimum absolute atomic E-state index is 0.473. The lowest BCUT2D eigenvalue weighted by Crippen LogP contribution is -2.05. The van der Waals surface area contributed by atoms with Gasteiger partial charge in [0.25, 0.3) is 0 Å². The van der Waals surface area contributed by atoms with Crippen molar-refractivity contribution >= 4 is 34.5 Å². The van der Waals surface area contributed by atoms with Gasteiger partial charge in [0.1, 0.15) is 0 Å². The number of nitrogens with two attached hydrogens (primary N) is 1. The van der Waals surface area contributed by atoms with E-state index in [0.717, 1.165) is 16.5 Å². The van der Waals surface area contributed by atoms with Crippen molar-refractivity contribution in [3.8, 4) is 0 Å². The standard InChI is InChI=1S/C12H9ClN2O/c13-10-5-6-15-11-7-8(1-3-9(10)11)2-4-12(14)16/h1-7H,(H2,14,16). The first-order valence-electron chi connectivity index (χ1n) is 4.68. The Morgan fingerprint density at radius 2 is 2.19 bits per heavy atom. The molecule has 0 saturated heterocycles. The highest BCUT2D eigenvalue weighted by Crippen LogP contribution is 2.22. The fourth-order valence-electron chi connectivity index (χ4n) is 1.41. The van der Waals surface area contributed by atoms with E-state index in [1.54, 1.807) is 18.3 Å². The Morgan fingerprint density at radius 1 is 1.38 bits per heavy atom. The quantitative estimate of drug-likeness (QED) is 0.809. The lowest BCUT2D eigenvalue weighted by Gasteiger charge is -2.00. The zero-order chi connectivity index (χ0) is 11.5. The van der Waals surface area contributed by atoms with Crippen LogP contribution in [0, 0.1) is 0 Å². The Labute approximate surface area is 97.5 Å². The van der Waals surface area contributed by atoms with Crippen molar-refractivity contribution in [3.63, 3.8) is 0 Å². The van der Waals surface area contributed by atoms with Crippen molar-refractivity contribution in [2.75, 3.05) is 0 Å². The predicted molar refractivity (Wildman–Crippen MR) is 65.0 cm³/mol. The van der Waals surface area contributed by atoms with Crippen molar-refractivity contribution in [1.82, 2.24) is 4.98 Å². The Morgan fingerprint density at radius 3 is 2.94 bits per heavy atom. The Bertz CT molecular complexity index is 578. The molecule has 2 aromatic rings. The van der Waals surface area contributed by atoms with Crippen molar-refractivity contribution < 1.29 is 4.79 Å². The number of hydrogen-bond acceptors (Lipinski definition) is 2. The molecule has 0 aliphatic carbocycles. The summed E-state index contributed by atoms with van der Waals surface area (Å²) in [6, 6.07) is 7.31. The maximum Gasteiger partial charge on any atom is 0.241 e. The van der Waals surface area contributed by atoms with Crippen LogP contribution in [-0.2, 0) is 4.79 Å². The molecule has 0 aliphatic heterocycles. The molecule has 4 heteroatoms. The number of amides is 1. The lowest BCUT2D eigenvalue weighted by atomic mass is 10.1. The minimum Gasteiger partial charge on any atom is -0.366 e. The van der Waals surface area contributed by atoms with Crippen LogP contribution in [0.4, 0.5) is 0 Å². The Kier molecular flexibility index (Phi) is 2.88. The zero-order valence-electron chi connectivity index (χ0n) is 8.35. The van der Waals surface area contributed by atoms with Gasteiger partial charge in [0, 0.05) is 17.7 Å². The zero-order valence-corrected chi connectivity index (χ0v) is 9.11. The van der Waals surface area contributed by atoms with Gasteiger partial charge >= 0.3 is 0 Å². The number of carbonyl (C=O) groups excluding carboxylic acids is 1. The molecule has 0 unspecified atom stereocenters. The molecule has 0 radical (unpaired) electrons. The number of carbonyl (C=O) groups is 1. The largest absolute Gasteiger partial charge is 0.366 e. The fraction of sp³-hybridized carbons (Fsp3) is 0. The highest BCUT2D eigenvalue weighted by atomic mass is 35.5. The maximum absolute atomic E-state index is 10.6. The van der Waals surface area contributed by atoms with Crippen LogP contribution in [0.25, 0.3) is 17.0 Å². The second kappa shape index (κ2) is 4.33. The summed E-state index contributed by atoms with van der Waals surface area (Å²) < 4.78 is 0. The average molecular weight is 233 g/mol. The van der Waals surface area contributed by atoms with Gasteiger partial charge < -0.3 is 5.73 Å². The molecule has 0 atom stereocenters. The summed E-state index contributed by atoms with van der Waals surface area (Å²) >= 11 is 6.00. The van der Waals surface area contributed by atoms with Crippen LogP contribution >= 0.6 is 11.6 Å². The summed E-state index contributed by atoms with van der Waals surface area (Å²) in [7, 11) is 0. The van der Waals surface area contributed by atoms with Crippen LogP contribution < -0.4 is 5.73 Å². The van der Waals surface area contributed by atoms with Gasteiger partial charge in [-0.15, -0.1) is 0 Å². The van der Waals surface area contributed by atoms with E-state index in [0.29, 0.717) is 5.02 Å². The van der Waals surface area contributed by atoms with Crippen molar-refractivity contribution in [3.05, 3.63) is 47.1 Å². The van der Waals surface area contributed by atoms with E-state index in [2.05, 4.69) is 4.98 Å². The average Bonchev–Trinajstić information content (AvgIpc) is 2.26. The van der Waals surface area contributed by atoms with E-state index in [-0.39, 0.29) is 0 Å². The first-order chi connectivity index (χ1) is 7.66. The molecule has 0 bridgehead atoms. The molecule has 3 nitrogen and oxygen atoms in total. The first-order valence-corrected chi connectivity index (χ1v) is 5.06. The molecule has 0 spiro atoms. The second-order valence-electron chi connectivity index (χ2n) is 3.31. The molecule has 2 N–H and O–H groups in total. The van der Waals surface area contributed by atoms with Crippen LogP contribution in [0.2, 0.25) is 5.02 Å². The van der Waals surface area contributed by atoms with Gasteiger partial charge in [-0.2, -0.15) is 0 Å². The van der Waals surface area contributed by atoms with Crippen molar-refractivity contribution in [2.45, 2.75) is 0 Å². The molecule has 1 amide bonds. The summed E-state index contributed by atoms with van der Waals surface area (Å²) in [5.41, 5.74) is 6.67. The highest BCUT2D eigenvalue weighted by molar-refractivity contribution is 6.35. The SMILES string of the molecule is NC(=O)C=Cc1ccc2c(Cl)ccnc2c1. The summed E-state index contributed by atoms with van der Waals surface area (Å²) in [5, 5.41) is 1.55. The molecule has 1 aromatic heterocycles. The van der Waals surface area contributed by atoms with Crippen LogP contribution in [-0.4, -0.2) is 10.9 Å². The third kappa shape index (κ3) is 2.20. The number of hydrogen-bond donors (Lipinski definition) is 1. The van der Waals surface area contributed by atoms with E-state index in [1.165, 1.54) is 6.08 Å². The van der Waals surface area contributed by atoms with Crippen LogP contribution in [0.5, 0.6) is 0 Å². The lowest BCUT2D eigenvalue weighted by molar-refractivity contribution is -0.113. The highest BCUT2D eigenvalue weighted by Gasteiger charge is 1.99. The van der Waals surface area contributed by atoms with E-state index >= 15 is 0 Å². The monoisotopic (exact) mass is 232 g/mol. The number of aromatic nitrogens is 1. The summed E-state index contributed by atoms with van der Waals surface area (Å²) in [6.07, 6.45) is 4.60. The maximum atomic E-state index is 10.6. The molecule has 2 rings (SSSR count). The smallest absolute Gasteiger partial charge is 0.241 e. The first kappa shape index (κ1) is 10.6. The number of nitrogens with zero attached hydrogens (tertiary/aromatic N) is 1. The Hall–Kier alpha value is -1.87. The van der Waals surface area contributed by atoms with E-state index in [9.17, 15) is 4.79 Å². The molecule has 16 heavy (non-hydrogen) atoms. The molecule has 0 aliphatic rings. The molecule has 1 aromatic carbocycles. The molecule has 80 valence electrons. The normalized spacial score (nSPS) is 11.1. The molecular weight excluding hydrogens is 224 g/mol. The summed E-state index contributed by atoms with van der Waals surface area (Å²) in [4.78, 5) is 14.8. The number of fused-ring (bicyclic) bond motifs is 1. The topological polar surface area (TPSA) is 56.0 Å².